The van der Waals surface area contributed by atoms with Gasteiger partial charge in [-0.3, -0.25) is 9.78 Å². The van der Waals surface area contributed by atoms with E-state index in [2.05, 4.69) is 39.9 Å². The molecule has 1 atom stereocenters. The molecule has 4 nitrogen and oxygen atoms in total. The molecule has 4 heteroatoms. The molecular formula is C25H27N3O. The van der Waals surface area contributed by atoms with Crippen molar-refractivity contribution < 1.29 is 4.79 Å². The van der Waals surface area contributed by atoms with Gasteiger partial charge in [0.2, 0.25) is 5.91 Å². The summed E-state index contributed by atoms with van der Waals surface area (Å²) in [4.78, 5) is 17.3. The van der Waals surface area contributed by atoms with E-state index in [4.69, 9.17) is 0 Å². The second-order valence-electron chi connectivity index (χ2n) is 7.65. The number of nitrogens with zero attached hydrogens (tertiary/aromatic N) is 1. The third kappa shape index (κ3) is 5.02. The Bertz CT molecular complexity index is 904. The highest BCUT2D eigenvalue weighted by molar-refractivity contribution is 5.86. The van der Waals surface area contributed by atoms with Crippen LogP contribution < -0.4 is 10.6 Å². The van der Waals surface area contributed by atoms with Gasteiger partial charge in [0.15, 0.2) is 0 Å². The molecular weight excluding hydrogens is 358 g/mol. The number of carbonyl (C=O) groups excluding carboxylic acids is 1. The minimum Gasteiger partial charge on any atom is -0.370 e. The zero-order valence-electron chi connectivity index (χ0n) is 16.6. The van der Waals surface area contributed by atoms with Gasteiger partial charge >= 0.3 is 0 Å². The van der Waals surface area contributed by atoms with E-state index >= 15 is 0 Å². The average molecular weight is 386 g/mol. The topological polar surface area (TPSA) is 54.0 Å². The molecule has 2 N–H and O–H groups in total. The molecule has 1 aromatic heterocycles. The number of pyridine rings is 1. The zero-order valence-corrected chi connectivity index (χ0v) is 16.6. The second-order valence-corrected chi connectivity index (χ2v) is 7.65. The lowest BCUT2D eigenvalue weighted by atomic mass is 9.95. The lowest BCUT2D eigenvalue weighted by Crippen LogP contribution is -2.41. The molecule has 0 bridgehead atoms. The average Bonchev–Trinajstić information content (AvgIpc) is 2.80. The van der Waals surface area contributed by atoms with Crippen LogP contribution in [0.3, 0.4) is 0 Å². The molecule has 4 rings (SSSR count). The highest BCUT2D eigenvalue weighted by Crippen LogP contribution is 2.25. The summed E-state index contributed by atoms with van der Waals surface area (Å²) in [7, 11) is 0. The van der Waals surface area contributed by atoms with Crippen molar-refractivity contribution in [2.24, 2.45) is 0 Å². The molecule has 0 radical (unpaired) electrons. The molecule has 1 aliphatic rings. The van der Waals surface area contributed by atoms with Crippen molar-refractivity contribution in [3.8, 4) is 11.1 Å². The van der Waals surface area contributed by atoms with Gasteiger partial charge in [0, 0.05) is 29.7 Å². The minimum absolute atomic E-state index is 0.0111. The number of aromatic nitrogens is 1. The SMILES string of the molecule is O=C(NC1CCCCC1)C(Nc1ccc(-c2ccccc2)cc1)c1cccnc1. The first-order valence-electron chi connectivity index (χ1n) is 10.4. The summed E-state index contributed by atoms with van der Waals surface area (Å²) in [6, 6.07) is 22.1. The van der Waals surface area contributed by atoms with Crippen molar-refractivity contribution in [1.29, 1.82) is 0 Å². The highest BCUT2D eigenvalue weighted by atomic mass is 16.2. The van der Waals surface area contributed by atoms with Gasteiger partial charge in [0.25, 0.3) is 0 Å². The molecule has 1 unspecified atom stereocenters. The number of nitrogens with one attached hydrogen (secondary N) is 2. The Morgan fingerprint density at radius 1 is 0.862 bits per heavy atom. The Morgan fingerprint density at radius 3 is 2.28 bits per heavy atom. The Hall–Kier alpha value is -3.14. The maximum atomic E-state index is 13.1. The molecule has 1 saturated carbocycles. The van der Waals surface area contributed by atoms with E-state index in [0.717, 1.165) is 29.7 Å². The van der Waals surface area contributed by atoms with Crippen LogP contribution in [0.1, 0.15) is 43.7 Å². The van der Waals surface area contributed by atoms with E-state index in [0.29, 0.717) is 0 Å². The predicted molar refractivity (Wildman–Crippen MR) is 117 cm³/mol. The standard InChI is InChI=1S/C25H27N3O/c29-25(28-22-11-5-2-6-12-22)24(21-10-7-17-26-18-21)27-23-15-13-20(14-16-23)19-8-3-1-4-9-19/h1,3-4,7-10,13-18,22,24,27H,2,5-6,11-12H2,(H,28,29). The third-order valence-corrected chi connectivity index (χ3v) is 5.53. The fraction of sp³-hybridized carbons (Fsp3) is 0.280. The molecule has 148 valence electrons. The van der Waals surface area contributed by atoms with Crippen LogP contribution in [-0.4, -0.2) is 16.9 Å². The van der Waals surface area contributed by atoms with E-state index < -0.39 is 6.04 Å². The van der Waals surface area contributed by atoms with E-state index in [9.17, 15) is 4.79 Å². The lowest BCUT2D eigenvalue weighted by Gasteiger charge is -2.26. The van der Waals surface area contributed by atoms with Crippen molar-refractivity contribution >= 4 is 11.6 Å². The largest absolute Gasteiger partial charge is 0.370 e. The van der Waals surface area contributed by atoms with Crippen molar-refractivity contribution in [2.75, 3.05) is 5.32 Å². The van der Waals surface area contributed by atoms with Gasteiger partial charge in [0.1, 0.15) is 6.04 Å². The van der Waals surface area contributed by atoms with Crippen LogP contribution in [0.15, 0.2) is 79.1 Å². The number of hydrogen-bond acceptors (Lipinski definition) is 3. The molecule has 0 saturated heterocycles. The zero-order chi connectivity index (χ0) is 19.9. The van der Waals surface area contributed by atoms with Crippen LogP contribution >= 0.6 is 0 Å². The van der Waals surface area contributed by atoms with Crippen molar-refractivity contribution in [3.05, 3.63) is 84.7 Å². The number of anilines is 1. The molecule has 0 spiro atoms. The molecule has 1 fully saturated rings. The first kappa shape index (κ1) is 19.2. The van der Waals surface area contributed by atoms with Crippen molar-refractivity contribution in [2.45, 2.75) is 44.2 Å². The van der Waals surface area contributed by atoms with Crippen LogP contribution in [0.5, 0.6) is 0 Å². The van der Waals surface area contributed by atoms with E-state index in [1.807, 2.05) is 42.5 Å². The summed E-state index contributed by atoms with van der Waals surface area (Å²) < 4.78 is 0. The Morgan fingerprint density at radius 2 is 1.59 bits per heavy atom. The summed E-state index contributed by atoms with van der Waals surface area (Å²) >= 11 is 0. The second kappa shape index (κ2) is 9.37. The van der Waals surface area contributed by atoms with E-state index in [-0.39, 0.29) is 11.9 Å². The summed E-state index contributed by atoms with van der Waals surface area (Å²) in [6.45, 7) is 0. The Kier molecular flexibility index (Phi) is 6.20. The van der Waals surface area contributed by atoms with Crippen LogP contribution in [0, 0.1) is 0 Å². The minimum atomic E-state index is -0.465. The first-order chi connectivity index (χ1) is 14.3. The van der Waals surface area contributed by atoms with Gasteiger partial charge in [-0.15, -0.1) is 0 Å². The van der Waals surface area contributed by atoms with Crippen molar-refractivity contribution in [1.82, 2.24) is 10.3 Å². The lowest BCUT2D eigenvalue weighted by molar-refractivity contribution is -0.122. The number of benzene rings is 2. The quantitative estimate of drug-likeness (QED) is 0.601. The Labute approximate surface area is 172 Å². The van der Waals surface area contributed by atoms with Gasteiger partial charge in [0.05, 0.1) is 0 Å². The maximum Gasteiger partial charge on any atom is 0.247 e. The van der Waals surface area contributed by atoms with Gasteiger partial charge in [-0.1, -0.05) is 67.8 Å². The van der Waals surface area contributed by atoms with E-state index in [1.165, 1.54) is 24.8 Å². The smallest absolute Gasteiger partial charge is 0.247 e. The van der Waals surface area contributed by atoms with Gasteiger partial charge < -0.3 is 10.6 Å². The van der Waals surface area contributed by atoms with Crippen molar-refractivity contribution in [3.63, 3.8) is 0 Å². The first-order valence-corrected chi connectivity index (χ1v) is 10.4. The predicted octanol–water partition coefficient (Wildman–Crippen LogP) is 5.35. The number of rotatable bonds is 6. The summed E-state index contributed by atoms with van der Waals surface area (Å²) in [5, 5.41) is 6.66. The molecule has 1 amide bonds. The summed E-state index contributed by atoms with van der Waals surface area (Å²) in [6.07, 6.45) is 9.28. The fourth-order valence-electron chi connectivity index (χ4n) is 3.93. The molecule has 3 aromatic rings. The normalized spacial score (nSPS) is 15.4. The Balaban J connectivity index is 1.51. The monoisotopic (exact) mass is 385 g/mol. The van der Waals surface area contributed by atoms with Crippen LogP contribution in [0.4, 0.5) is 5.69 Å². The molecule has 1 heterocycles. The number of amides is 1. The van der Waals surface area contributed by atoms with Crippen LogP contribution in [0.25, 0.3) is 11.1 Å². The molecule has 29 heavy (non-hydrogen) atoms. The summed E-state index contributed by atoms with van der Waals surface area (Å²) in [5.41, 5.74) is 4.11. The number of hydrogen-bond donors (Lipinski definition) is 2. The molecule has 2 aromatic carbocycles. The van der Waals surface area contributed by atoms with E-state index in [1.54, 1.807) is 12.4 Å². The number of carbonyl (C=O) groups is 1. The van der Waals surface area contributed by atoms with Gasteiger partial charge in [-0.05, 0) is 42.2 Å². The maximum absolute atomic E-state index is 13.1. The van der Waals surface area contributed by atoms with Gasteiger partial charge in [-0.2, -0.15) is 0 Å². The fourth-order valence-corrected chi connectivity index (χ4v) is 3.93. The third-order valence-electron chi connectivity index (χ3n) is 5.53. The molecule has 1 aliphatic carbocycles. The van der Waals surface area contributed by atoms with Gasteiger partial charge in [-0.25, -0.2) is 0 Å². The highest BCUT2D eigenvalue weighted by Gasteiger charge is 2.24. The molecule has 0 aliphatic heterocycles. The summed E-state index contributed by atoms with van der Waals surface area (Å²) in [5.74, 6) is 0.0111. The van der Waals surface area contributed by atoms with Crippen LogP contribution in [0.2, 0.25) is 0 Å². The van der Waals surface area contributed by atoms with Crippen LogP contribution in [-0.2, 0) is 4.79 Å².